The van der Waals surface area contributed by atoms with Crippen LogP contribution in [-0.2, 0) is 6.54 Å². The quantitative estimate of drug-likeness (QED) is 0.608. The molecule has 128 valence electrons. The lowest BCUT2D eigenvalue weighted by Gasteiger charge is -2.10. The van der Waals surface area contributed by atoms with Crippen molar-refractivity contribution >= 4 is 11.7 Å². The topological polar surface area (TPSA) is 109 Å². The van der Waals surface area contributed by atoms with Crippen LogP contribution in [0.3, 0.4) is 0 Å². The zero-order valence-electron chi connectivity index (χ0n) is 13.6. The first kappa shape index (κ1) is 17.3. The molecule has 1 N–H and O–H groups in total. The number of carbonyl (C=O) groups excluding carboxylic acids is 1. The third-order valence-electron chi connectivity index (χ3n) is 3.41. The molecular weight excluding hydrogens is 316 g/mol. The van der Waals surface area contributed by atoms with Gasteiger partial charge < -0.3 is 24.9 Å². The van der Waals surface area contributed by atoms with E-state index in [1.165, 1.54) is 25.0 Å². The summed E-state index contributed by atoms with van der Waals surface area (Å²) >= 11 is 0. The Morgan fingerprint density at radius 2 is 2.00 bits per heavy atom. The average molecular weight is 334 g/mol. The van der Waals surface area contributed by atoms with Gasteiger partial charge in [-0.25, -0.2) is 0 Å². The molecule has 0 saturated carbocycles. The molecule has 0 spiro atoms. The number of aromatic nitrogens is 2. The number of nitro groups is 1. The molecular formula is C15H18N4O5. The summed E-state index contributed by atoms with van der Waals surface area (Å²) in [5.41, 5.74) is 1.08. The fraction of sp³-hybridized carbons (Fsp3) is 0.333. The number of methoxy groups -OCH3 is 2. The minimum Gasteiger partial charge on any atom is -0.493 e. The number of ether oxygens (including phenoxy) is 2. The second-order valence-corrected chi connectivity index (χ2v) is 4.95. The van der Waals surface area contributed by atoms with Gasteiger partial charge in [-0.1, -0.05) is 0 Å². The Hall–Kier alpha value is -3.10. The van der Waals surface area contributed by atoms with Crippen molar-refractivity contribution in [1.29, 1.82) is 0 Å². The monoisotopic (exact) mass is 334 g/mol. The van der Waals surface area contributed by atoms with Crippen LogP contribution in [0.4, 0.5) is 5.82 Å². The molecule has 0 fully saturated rings. The van der Waals surface area contributed by atoms with E-state index in [0.717, 1.165) is 0 Å². The average Bonchev–Trinajstić information content (AvgIpc) is 2.95. The van der Waals surface area contributed by atoms with Gasteiger partial charge in [-0.05, 0) is 30.0 Å². The van der Waals surface area contributed by atoms with Crippen LogP contribution in [0, 0.1) is 17.0 Å². The molecule has 24 heavy (non-hydrogen) atoms. The number of nitrogens with zero attached hydrogens (tertiary/aromatic N) is 3. The standard InChI is InChI=1S/C15H18N4O5/c1-10-8-14(19(21)22)17-18(10)7-6-16-15(20)11-4-5-12(23-2)13(9-11)24-3/h4-5,8-9H,6-7H2,1-3H3,(H,16,20). The third kappa shape index (κ3) is 3.80. The molecule has 0 aliphatic heterocycles. The molecule has 0 aliphatic carbocycles. The molecule has 1 heterocycles. The summed E-state index contributed by atoms with van der Waals surface area (Å²) < 4.78 is 11.8. The molecule has 0 bridgehead atoms. The van der Waals surface area contributed by atoms with Crippen molar-refractivity contribution in [2.24, 2.45) is 0 Å². The second kappa shape index (κ2) is 7.44. The number of nitrogens with one attached hydrogen (secondary N) is 1. The molecule has 1 aromatic heterocycles. The van der Waals surface area contributed by atoms with Crippen molar-refractivity contribution < 1.29 is 19.2 Å². The lowest BCUT2D eigenvalue weighted by molar-refractivity contribution is -0.389. The predicted octanol–water partition coefficient (Wildman–Crippen LogP) is 1.55. The van der Waals surface area contributed by atoms with Crippen molar-refractivity contribution in [1.82, 2.24) is 15.1 Å². The molecule has 1 amide bonds. The van der Waals surface area contributed by atoms with E-state index in [1.807, 2.05) is 0 Å². The van der Waals surface area contributed by atoms with E-state index < -0.39 is 4.92 Å². The Morgan fingerprint density at radius 1 is 1.29 bits per heavy atom. The van der Waals surface area contributed by atoms with Gasteiger partial charge in [0.1, 0.15) is 0 Å². The van der Waals surface area contributed by atoms with Crippen LogP contribution in [0.5, 0.6) is 11.5 Å². The fourth-order valence-electron chi connectivity index (χ4n) is 2.16. The number of benzene rings is 1. The first-order valence-electron chi connectivity index (χ1n) is 7.15. The Labute approximate surface area is 138 Å². The molecule has 9 heteroatoms. The SMILES string of the molecule is COc1ccc(C(=O)NCCn2nc([N+](=O)[O-])cc2C)cc1OC. The molecule has 0 atom stereocenters. The summed E-state index contributed by atoms with van der Waals surface area (Å²) in [7, 11) is 3.01. The number of aryl methyl sites for hydroxylation is 1. The Balaban J connectivity index is 1.97. The van der Waals surface area contributed by atoms with Gasteiger partial charge >= 0.3 is 5.82 Å². The summed E-state index contributed by atoms with van der Waals surface area (Å²) in [6, 6.07) is 6.24. The van der Waals surface area contributed by atoms with Gasteiger partial charge in [-0.15, -0.1) is 0 Å². The van der Waals surface area contributed by atoms with Gasteiger partial charge in [-0.2, -0.15) is 4.68 Å². The van der Waals surface area contributed by atoms with E-state index in [9.17, 15) is 14.9 Å². The maximum atomic E-state index is 12.2. The molecule has 0 unspecified atom stereocenters. The maximum Gasteiger partial charge on any atom is 0.390 e. The fourth-order valence-corrected chi connectivity index (χ4v) is 2.16. The third-order valence-corrected chi connectivity index (χ3v) is 3.41. The van der Waals surface area contributed by atoms with Crippen molar-refractivity contribution in [2.45, 2.75) is 13.5 Å². The molecule has 0 aliphatic rings. The Kier molecular flexibility index (Phi) is 5.35. The van der Waals surface area contributed by atoms with Crippen LogP contribution in [0.2, 0.25) is 0 Å². The van der Waals surface area contributed by atoms with Crippen LogP contribution in [0.25, 0.3) is 0 Å². The number of hydrogen-bond donors (Lipinski definition) is 1. The summed E-state index contributed by atoms with van der Waals surface area (Å²) in [6.45, 7) is 2.34. The number of amides is 1. The van der Waals surface area contributed by atoms with Crippen LogP contribution < -0.4 is 14.8 Å². The molecule has 9 nitrogen and oxygen atoms in total. The summed E-state index contributed by atoms with van der Waals surface area (Å²) in [6.07, 6.45) is 0. The predicted molar refractivity (Wildman–Crippen MR) is 85.5 cm³/mol. The molecule has 2 rings (SSSR count). The minimum atomic E-state index is -0.550. The number of hydrogen-bond acceptors (Lipinski definition) is 6. The summed E-state index contributed by atoms with van der Waals surface area (Å²) in [5.74, 6) is 0.506. The Morgan fingerprint density at radius 3 is 2.58 bits per heavy atom. The number of carbonyl (C=O) groups is 1. The van der Waals surface area contributed by atoms with E-state index in [-0.39, 0.29) is 18.3 Å². The van der Waals surface area contributed by atoms with Crippen LogP contribution in [0.15, 0.2) is 24.3 Å². The van der Waals surface area contributed by atoms with Crippen molar-refractivity contribution in [3.8, 4) is 11.5 Å². The minimum absolute atomic E-state index is 0.210. The van der Waals surface area contributed by atoms with Gasteiger partial charge in [0.25, 0.3) is 5.91 Å². The Bertz CT molecular complexity index is 756. The van der Waals surface area contributed by atoms with Crippen molar-refractivity contribution in [3.05, 3.63) is 45.6 Å². The van der Waals surface area contributed by atoms with Gasteiger partial charge in [0, 0.05) is 12.1 Å². The van der Waals surface area contributed by atoms with Crippen LogP contribution in [0.1, 0.15) is 16.1 Å². The molecule has 0 saturated heterocycles. The van der Waals surface area contributed by atoms with Gasteiger partial charge in [0.2, 0.25) is 0 Å². The largest absolute Gasteiger partial charge is 0.493 e. The van der Waals surface area contributed by atoms with Crippen LogP contribution >= 0.6 is 0 Å². The highest BCUT2D eigenvalue weighted by atomic mass is 16.6. The maximum absolute atomic E-state index is 12.2. The molecule has 1 aromatic carbocycles. The van der Waals surface area contributed by atoms with E-state index in [0.29, 0.717) is 29.3 Å². The van der Waals surface area contributed by atoms with Gasteiger partial charge in [0.15, 0.2) is 11.5 Å². The lowest BCUT2D eigenvalue weighted by atomic mass is 10.2. The zero-order valence-corrected chi connectivity index (χ0v) is 13.6. The molecule has 0 radical (unpaired) electrons. The van der Waals surface area contributed by atoms with E-state index in [1.54, 1.807) is 25.1 Å². The van der Waals surface area contributed by atoms with E-state index in [2.05, 4.69) is 10.4 Å². The smallest absolute Gasteiger partial charge is 0.390 e. The lowest BCUT2D eigenvalue weighted by Crippen LogP contribution is -2.27. The van der Waals surface area contributed by atoms with Crippen molar-refractivity contribution in [3.63, 3.8) is 0 Å². The molecule has 2 aromatic rings. The van der Waals surface area contributed by atoms with Crippen LogP contribution in [-0.4, -0.2) is 41.4 Å². The summed E-state index contributed by atoms with van der Waals surface area (Å²) in [4.78, 5) is 22.3. The first-order chi connectivity index (χ1) is 11.5. The highest BCUT2D eigenvalue weighted by molar-refractivity contribution is 5.94. The summed E-state index contributed by atoms with van der Waals surface area (Å²) in [5, 5.41) is 17.3. The van der Waals surface area contributed by atoms with Gasteiger partial charge in [-0.3, -0.25) is 4.79 Å². The van der Waals surface area contributed by atoms with Gasteiger partial charge in [0.05, 0.1) is 37.6 Å². The highest BCUT2D eigenvalue weighted by Gasteiger charge is 2.15. The zero-order chi connectivity index (χ0) is 17.7. The second-order valence-electron chi connectivity index (χ2n) is 4.95. The normalized spacial score (nSPS) is 10.3. The van der Waals surface area contributed by atoms with Crippen molar-refractivity contribution in [2.75, 3.05) is 20.8 Å². The van der Waals surface area contributed by atoms with E-state index >= 15 is 0 Å². The highest BCUT2D eigenvalue weighted by Crippen LogP contribution is 2.27. The van der Waals surface area contributed by atoms with E-state index in [4.69, 9.17) is 9.47 Å². The number of rotatable bonds is 7. The first-order valence-corrected chi connectivity index (χ1v) is 7.15.